The fraction of sp³-hybridized carbons (Fsp3) is 0. The molecule has 0 saturated carbocycles. The molecule has 31 heavy (non-hydrogen) atoms. The van der Waals surface area contributed by atoms with Gasteiger partial charge in [0, 0.05) is 16.5 Å². The molecule has 1 aromatic heterocycles. The summed E-state index contributed by atoms with van der Waals surface area (Å²) in [5, 5.41) is 25.5. The predicted molar refractivity (Wildman–Crippen MR) is 124 cm³/mol. The maximum Gasteiger partial charge on any atom is 0.259 e. The van der Waals surface area contributed by atoms with Gasteiger partial charge in [0.15, 0.2) is 10.8 Å². The van der Waals surface area contributed by atoms with Gasteiger partial charge in [-0.3, -0.25) is 4.79 Å². The summed E-state index contributed by atoms with van der Waals surface area (Å²) in [6.07, 6.45) is 0. The summed E-state index contributed by atoms with van der Waals surface area (Å²) in [4.78, 5) is 12.9. The van der Waals surface area contributed by atoms with Crippen molar-refractivity contribution in [2.45, 2.75) is 0 Å². The molecule has 0 spiro atoms. The molecule has 0 aliphatic rings. The number of rotatable bonds is 4. The zero-order chi connectivity index (χ0) is 21.2. The Kier molecular flexibility index (Phi) is 4.86. The number of hydrogen-bond acceptors (Lipinski definition) is 6. The third kappa shape index (κ3) is 3.62. The highest BCUT2D eigenvalue weighted by molar-refractivity contribution is 7.11. The highest BCUT2D eigenvalue weighted by Gasteiger charge is 2.18. The molecule has 0 saturated heterocycles. The van der Waals surface area contributed by atoms with E-state index in [-0.39, 0.29) is 17.0 Å². The maximum atomic E-state index is 12.9. The van der Waals surface area contributed by atoms with Gasteiger partial charge in [0.05, 0.1) is 11.1 Å². The minimum absolute atomic E-state index is 0.130. The lowest BCUT2D eigenvalue weighted by Gasteiger charge is -2.11. The highest BCUT2D eigenvalue weighted by Crippen LogP contribution is 2.40. The third-order valence-corrected chi connectivity index (χ3v) is 5.64. The Morgan fingerprint density at radius 1 is 0.871 bits per heavy atom. The lowest BCUT2D eigenvalue weighted by atomic mass is 10.0. The summed E-state index contributed by atoms with van der Waals surface area (Å²) in [6.45, 7) is 0. The van der Waals surface area contributed by atoms with Gasteiger partial charge in [-0.15, -0.1) is 10.2 Å². The number of carbonyl (C=O) groups is 1. The van der Waals surface area contributed by atoms with Crippen molar-refractivity contribution in [1.29, 1.82) is 0 Å². The average molecular weight is 424 g/mol. The molecule has 1 amide bonds. The first-order valence-corrected chi connectivity index (χ1v) is 10.4. The molecule has 5 rings (SSSR count). The number of phenolic OH excluding ortho intramolecular Hbond substituents is 1. The van der Waals surface area contributed by atoms with Crippen LogP contribution in [0, 0.1) is 0 Å². The number of amides is 1. The van der Waals surface area contributed by atoms with Gasteiger partial charge in [-0.1, -0.05) is 54.6 Å². The van der Waals surface area contributed by atoms with Crippen LogP contribution in [0.2, 0.25) is 0 Å². The Morgan fingerprint density at radius 3 is 2.42 bits per heavy atom. The van der Waals surface area contributed by atoms with Crippen LogP contribution in [0.5, 0.6) is 5.75 Å². The van der Waals surface area contributed by atoms with E-state index in [1.807, 2.05) is 66.7 Å². The van der Waals surface area contributed by atoms with Gasteiger partial charge in [0.25, 0.3) is 5.91 Å². The van der Waals surface area contributed by atoms with E-state index >= 15 is 0 Å². The maximum absolute atomic E-state index is 12.9. The molecule has 1 heterocycles. The van der Waals surface area contributed by atoms with Crippen LogP contribution in [0.1, 0.15) is 10.4 Å². The molecular formula is C24H16N4O2S. The second-order valence-electron chi connectivity index (χ2n) is 6.87. The lowest BCUT2D eigenvalue weighted by Crippen LogP contribution is -2.12. The van der Waals surface area contributed by atoms with Crippen molar-refractivity contribution in [2.24, 2.45) is 10.2 Å². The zero-order valence-corrected chi connectivity index (χ0v) is 17.0. The van der Waals surface area contributed by atoms with E-state index in [9.17, 15) is 9.90 Å². The molecule has 0 fully saturated rings. The second-order valence-corrected chi connectivity index (χ2v) is 7.62. The topological polar surface area (TPSA) is 86.9 Å². The molecule has 0 atom stereocenters. The summed E-state index contributed by atoms with van der Waals surface area (Å²) in [5.41, 5.74) is 1.85. The minimum Gasteiger partial charge on any atom is -0.505 e. The molecule has 4 aromatic carbocycles. The second kappa shape index (κ2) is 7.97. The van der Waals surface area contributed by atoms with E-state index in [0.717, 1.165) is 16.3 Å². The van der Waals surface area contributed by atoms with E-state index in [4.69, 9.17) is 0 Å². The van der Waals surface area contributed by atoms with Crippen LogP contribution in [0.3, 0.4) is 0 Å². The Morgan fingerprint density at radius 2 is 1.58 bits per heavy atom. The van der Waals surface area contributed by atoms with E-state index in [1.54, 1.807) is 18.2 Å². The van der Waals surface area contributed by atoms with E-state index in [1.165, 1.54) is 11.5 Å². The van der Waals surface area contributed by atoms with Crippen LogP contribution in [0.4, 0.5) is 16.4 Å². The number of aromatic hydroxyl groups is 1. The molecule has 2 N–H and O–H groups in total. The standard InChI is InChI=1S/C24H16N4O2S/c29-22-19(23(30)25-16-9-2-1-3-10-16)14-15-8-4-5-11-17(15)21(22)26-27-24-18-12-6-7-13-20(18)28-31-24/h1-14,29H,(H,25,30). The summed E-state index contributed by atoms with van der Waals surface area (Å²) in [5.74, 6) is -0.640. The van der Waals surface area contributed by atoms with Crippen LogP contribution in [-0.2, 0) is 0 Å². The Bertz CT molecular complexity index is 1440. The van der Waals surface area contributed by atoms with Gasteiger partial charge >= 0.3 is 0 Å². The Labute approximate surface area is 181 Å². The number of benzene rings is 4. The highest BCUT2D eigenvalue weighted by atomic mass is 32.1. The summed E-state index contributed by atoms with van der Waals surface area (Å²) < 4.78 is 4.37. The van der Waals surface area contributed by atoms with Crippen LogP contribution in [-0.4, -0.2) is 15.4 Å². The van der Waals surface area contributed by atoms with Gasteiger partial charge in [0.2, 0.25) is 0 Å². The van der Waals surface area contributed by atoms with Crippen molar-refractivity contribution in [3.8, 4) is 5.75 Å². The number of hydrogen-bond donors (Lipinski definition) is 2. The normalized spacial score (nSPS) is 11.4. The third-order valence-electron chi connectivity index (χ3n) is 4.88. The first kappa shape index (κ1) is 18.9. The number of aromatic nitrogens is 1. The largest absolute Gasteiger partial charge is 0.505 e. The molecule has 6 nitrogen and oxygen atoms in total. The molecule has 0 aliphatic carbocycles. The number of fused-ring (bicyclic) bond motifs is 2. The van der Waals surface area contributed by atoms with E-state index < -0.39 is 5.91 Å². The number of nitrogens with one attached hydrogen (secondary N) is 1. The van der Waals surface area contributed by atoms with E-state index in [0.29, 0.717) is 16.1 Å². The number of phenols is 1. The van der Waals surface area contributed by atoms with Gasteiger partial charge < -0.3 is 10.4 Å². The Balaban J connectivity index is 1.60. The molecule has 0 radical (unpaired) electrons. The average Bonchev–Trinajstić information content (AvgIpc) is 3.22. The minimum atomic E-state index is -0.422. The van der Waals surface area contributed by atoms with Gasteiger partial charge in [-0.25, -0.2) is 0 Å². The molecular weight excluding hydrogens is 408 g/mol. The number of anilines is 1. The van der Waals surface area contributed by atoms with Crippen molar-refractivity contribution >= 4 is 55.5 Å². The monoisotopic (exact) mass is 424 g/mol. The molecule has 0 bridgehead atoms. The molecule has 150 valence electrons. The molecule has 7 heteroatoms. The fourth-order valence-corrected chi connectivity index (χ4v) is 4.05. The van der Waals surface area contributed by atoms with Gasteiger partial charge in [-0.05, 0) is 47.3 Å². The van der Waals surface area contributed by atoms with Crippen molar-refractivity contribution in [2.75, 3.05) is 5.32 Å². The molecule has 0 aliphatic heterocycles. The van der Waals surface area contributed by atoms with Crippen molar-refractivity contribution in [3.05, 3.63) is 90.5 Å². The van der Waals surface area contributed by atoms with Crippen LogP contribution >= 0.6 is 11.5 Å². The summed E-state index contributed by atoms with van der Waals surface area (Å²) in [7, 11) is 0. The van der Waals surface area contributed by atoms with Crippen LogP contribution < -0.4 is 5.32 Å². The number of carbonyl (C=O) groups excluding carboxylic acids is 1. The predicted octanol–water partition coefficient (Wildman–Crippen LogP) is 6.82. The quantitative estimate of drug-likeness (QED) is 0.310. The zero-order valence-electron chi connectivity index (χ0n) is 16.2. The first-order chi connectivity index (χ1) is 15.2. The van der Waals surface area contributed by atoms with E-state index in [2.05, 4.69) is 19.9 Å². The summed E-state index contributed by atoms with van der Waals surface area (Å²) in [6, 6.07) is 25.8. The van der Waals surface area contributed by atoms with Crippen molar-refractivity contribution < 1.29 is 9.90 Å². The SMILES string of the molecule is O=C(Nc1ccccc1)c1cc2ccccc2c(N=Nc2snc3ccccc23)c1O. The number of para-hydroxylation sites is 1. The smallest absolute Gasteiger partial charge is 0.259 e. The van der Waals surface area contributed by atoms with Gasteiger partial charge in [0.1, 0.15) is 5.69 Å². The number of nitrogens with zero attached hydrogens (tertiary/aromatic N) is 3. The fourth-order valence-electron chi connectivity index (χ4n) is 3.35. The Hall–Kier alpha value is -4.10. The van der Waals surface area contributed by atoms with Crippen LogP contribution in [0.15, 0.2) is 95.2 Å². The van der Waals surface area contributed by atoms with Crippen molar-refractivity contribution in [1.82, 2.24) is 4.37 Å². The summed E-state index contributed by atoms with van der Waals surface area (Å²) >= 11 is 1.23. The lowest BCUT2D eigenvalue weighted by molar-refractivity contribution is 0.102. The molecule has 0 unspecified atom stereocenters. The first-order valence-electron chi connectivity index (χ1n) is 9.58. The van der Waals surface area contributed by atoms with Crippen LogP contribution in [0.25, 0.3) is 21.7 Å². The van der Waals surface area contributed by atoms with Crippen molar-refractivity contribution in [3.63, 3.8) is 0 Å². The molecule has 5 aromatic rings. The number of azo groups is 1. The van der Waals surface area contributed by atoms with Gasteiger partial charge in [-0.2, -0.15) is 4.37 Å².